The Balaban J connectivity index is 1.74. The predicted molar refractivity (Wildman–Crippen MR) is 66.0 cm³/mol. The van der Waals surface area contributed by atoms with E-state index in [9.17, 15) is 9.90 Å². The van der Waals surface area contributed by atoms with Crippen molar-refractivity contribution in [3.8, 4) is 0 Å². The lowest BCUT2D eigenvalue weighted by Crippen LogP contribution is -2.55. The second-order valence-corrected chi connectivity index (χ2v) is 5.85. The van der Waals surface area contributed by atoms with Crippen molar-refractivity contribution in [3.63, 3.8) is 0 Å². The van der Waals surface area contributed by atoms with Crippen LogP contribution in [0.5, 0.6) is 0 Å². The largest absolute Gasteiger partial charge is 0.393 e. The van der Waals surface area contributed by atoms with E-state index in [0.29, 0.717) is 38.5 Å². The maximum atomic E-state index is 12.8. The van der Waals surface area contributed by atoms with Crippen LogP contribution in [-0.4, -0.2) is 61.4 Å². The first-order chi connectivity index (χ1) is 8.72. The van der Waals surface area contributed by atoms with Gasteiger partial charge in [-0.3, -0.25) is 4.79 Å². The first-order valence-electron chi connectivity index (χ1n) is 6.98. The molecule has 0 spiro atoms. The van der Waals surface area contributed by atoms with Gasteiger partial charge < -0.3 is 20.1 Å². The molecule has 0 aliphatic carbocycles. The number of carbonyl (C=O) groups is 1. The molecule has 3 saturated heterocycles. The van der Waals surface area contributed by atoms with Gasteiger partial charge in [0, 0.05) is 26.2 Å². The molecular weight excluding hydrogens is 232 g/mol. The Kier molecular flexibility index (Phi) is 3.30. The number of carbonyl (C=O) groups excluding carboxylic acids is 1. The number of hydrogen-bond acceptors (Lipinski definition) is 4. The minimum absolute atomic E-state index is 0.230. The quantitative estimate of drug-likeness (QED) is 0.668. The van der Waals surface area contributed by atoms with Crippen molar-refractivity contribution in [1.82, 2.24) is 10.2 Å². The lowest BCUT2D eigenvalue weighted by Gasteiger charge is -2.42. The van der Waals surface area contributed by atoms with Gasteiger partial charge in [0.1, 0.15) is 0 Å². The van der Waals surface area contributed by atoms with Gasteiger partial charge in [0.05, 0.1) is 18.1 Å². The number of aliphatic hydroxyl groups excluding tert-OH is 1. The van der Waals surface area contributed by atoms with Crippen molar-refractivity contribution in [1.29, 1.82) is 0 Å². The molecule has 0 radical (unpaired) electrons. The van der Waals surface area contributed by atoms with Gasteiger partial charge >= 0.3 is 0 Å². The molecule has 5 nitrogen and oxygen atoms in total. The molecule has 3 rings (SSSR count). The molecule has 5 heteroatoms. The topological polar surface area (TPSA) is 61.8 Å². The molecule has 1 amide bonds. The molecule has 0 bridgehead atoms. The summed E-state index contributed by atoms with van der Waals surface area (Å²) in [7, 11) is 0. The van der Waals surface area contributed by atoms with Crippen LogP contribution < -0.4 is 5.32 Å². The molecule has 0 aromatic rings. The van der Waals surface area contributed by atoms with Gasteiger partial charge in [0.25, 0.3) is 0 Å². The van der Waals surface area contributed by atoms with Crippen molar-refractivity contribution in [2.45, 2.75) is 25.4 Å². The van der Waals surface area contributed by atoms with Gasteiger partial charge in [-0.15, -0.1) is 0 Å². The average Bonchev–Trinajstić information content (AvgIpc) is 2.83. The molecule has 2 atom stereocenters. The van der Waals surface area contributed by atoms with Crippen LogP contribution in [0.15, 0.2) is 0 Å². The fraction of sp³-hybridized carbons (Fsp3) is 0.923. The monoisotopic (exact) mass is 254 g/mol. The molecule has 18 heavy (non-hydrogen) atoms. The Morgan fingerprint density at radius 2 is 2.11 bits per heavy atom. The Morgan fingerprint density at radius 1 is 1.33 bits per heavy atom. The van der Waals surface area contributed by atoms with Crippen LogP contribution in [0, 0.1) is 11.3 Å². The molecule has 0 aromatic carbocycles. The zero-order chi connectivity index (χ0) is 12.6. The van der Waals surface area contributed by atoms with E-state index in [1.165, 1.54) is 0 Å². The summed E-state index contributed by atoms with van der Waals surface area (Å²) in [4.78, 5) is 14.7. The molecule has 0 unspecified atom stereocenters. The number of amides is 1. The van der Waals surface area contributed by atoms with Crippen molar-refractivity contribution in [2.75, 3.05) is 39.4 Å². The highest BCUT2D eigenvalue weighted by molar-refractivity contribution is 5.84. The zero-order valence-corrected chi connectivity index (χ0v) is 10.7. The van der Waals surface area contributed by atoms with Crippen LogP contribution in [-0.2, 0) is 9.53 Å². The van der Waals surface area contributed by atoms with Crippen molar-refractivity contribution >= 4 is 5.91 Å². The second kappa shape index (κ2) is 4.79. The fourth-order valence-corrected chi connectivity index (χ4v) is 3.53. The fourth-order valence-electron chi connectivity index (χ4n) is 3.53. The Bertz CT molecular complexity index is 328. The number of rotatable bonds is 1. The number of nitrogens with zero attached hydrogens (tertiary/aromatic N) is 1. The standard InChI is InChI=1S/C13H22N2O3/c16-11-1-4-15(5-2-11)12(17)13-8-14-7-10(13)3-6-18-9-13/h10-11,14,16H,1-9H2/t10-,13+/m1/s1. The number of fused-ring (bicyclic) bond motifs is 1. The van der Waals surface area contributed by atoms with Gasteiger partial charge in [0.2, 0.25) is 5.91 Å². The number of piperidine rings is 1. The van der Waals surface area contributed by atoms with E-state index in [-0.39, 0.29) is 17.4 Å². The Labute approximate surface area is 107 Å². The summed E-state index contributed by atoms with van der Waals surface area (Å²) in [5, 5.41) is 12.9. The summed E-state index contributed by atoms with van der Waals surface area (Å²) in [5.41, 5.74) is -0.333. The maximum absolute atomic E-state index is 12.8. The van der Waals surface area contributed by atoms with Gasteiger partial charge in [-0.05, 0) is 31.7 Å². The molecule has 0 saturated carbocycles. The van der Waals surface area contributed by atoms with E-state index in [0.717, 1.165) is 26.1 Å². The summed E-state index contributed by atoms with van der Waals surface area (Å²) in [6, 6.07) is 0. The highest BCUT2D eigenvalue weighted by atomic mass is 16.5. The Hall–Kier alpha value is -0.650. The third-order valence-corrected chi connectivity index (χ3v) is 4.76. The number of aliphatic hydroxyl groups is 1. The van der Waals surface area contributed by atoms with Crippen LogP contribution in [0.1, 0.15) is 19.3 Å². The first kappa shape index (κ1) is 12.4. The summed E-state index contributed by atoms with van der Waals surface area (Å²) in [6.45, 7) is 4.40. The number of nitrogens with one attached hydrogen (secondary N) is 1. The van der Waals surface area contributed by atoms with E-state index in [1.807, 2.05) is 4.90 Å². The van der Waals surface area contributed by atoms with E-state index in [2.05, 4.69) is 5.32 Å². The normalized spacial score (nSPS) is 37.6. The van der Waals surface area contributed by atoms with Crippen LogP contribution in [0.3, 0.4) is 0 Å². The van der Waals surface area contributed by atoms with Crippen molar-refractivity contribution < 1.29 is 14.6 Å². The van der Waals surface area contributed by atoms with Crippen LogP contribution in [0.4, 0.5) is 0 Å². The van der Waals surface area contributed by atoms with Crippen LogP contribution >= 0.6 is 0 Å². The highest BCUT2D eigenvalue weighted by Crippen LogP contribution is 2.39. The molecule has 3 fully saturated rings. The SMILES string of the molecule is O=C(N1CCC(O)CC1)[C@]12CNC[C@H]1CCOC2. The molecule has 0 aromatic heterocycles. The van der Waals surface area contributed by atoms with Gasteiger partial charge in [-0.2, -0.15) is 0 Å². The third-order valence-electron chi connectivity index (χ3n) is 4.76. The summed E-state index contributed by atoms with van der Waals surface area (Å²) >= 11 is 0. The average molecular weight is 254 g/mol. The number of ether oxygens (including phenoxy) is 1. The summed E-state index contributed by atoms with van der Waals surface area (Å²) in [6.07, 6.45) is 2.17. The second-order valence-electron chi connectivity index (χ2n) is 5.85. The first-order valence-corrected chi connectivity index (χ1v) is 6.98. The molecular formula is C13H22N2O3. The van der Waals surface area contributed by atoms with Gasteiger partial charge in [-0.25, -0.2) is 0 Å². The summed E-state index contributed by atoms with van der Waals surface area (Å²) < 4.78 is 5.58. The summed E-state index contributed by atoms with van der Waals surface area (Å²) in [5.74, 6) is 0.662. The molecule has 3 aliphatic rings. The van der Waals surface area contributed by atoms with Gasteiger partial charge in [-0.1, -0.05) is 0 Å². The zero-order valence-electron chi connectivity index (χ0n) is 10.7. The Morgan fingerprint density at radius 3 is 2.89 bits per heavy atom. The van der Waals surface area contributed by atoms with E-state index in [4.69, 9.17) is 4.74 Å². The lowest BCUT2D eigenvalue weighted by atomic mass is 9.74. The molecule has 3 heterocycles. The maximum Gasteiger partial charge on any atom is 0.232 e. The minimum Gasteiger partial charge on any atom is -0.393 e. The lowest BCUT2D eigenvalue weighted by molar-refractivity contribution is -0.154. The van der Waals surface area contributed by atoms with Crippen LogP contribution in [0.2, 0.25) is 0 Å². The highest BCUT2D eigenvalue weighted by Gasteiger charge is 2.52. The van der Waals surface area contributed by atoms with E-state index in [1.54, 1.807) is 0 Å². The number of likely N-dealkylation sites (tertiary alicyclic amines) is 1. The van der Waals surface area contributed by atoms with E-state index >= 15 is 0 Å². The molecule has 3 aliphatic heterocycles. The smallest absolute Gasteiger partial charge is 0.232 e. The van der Waals surface area contributed by atoms with Crippen molar-refractivity contribution in [2.24, 2.45) is 11.3 Å². The molecule has 102 valence electrons. The minimum atomic E-state index is -0.333. The number of hydrogen-bond donors (Lipinski definition) is 2. The van der Waals surface area contributed by atoms with Crippen molar-refractivity contribution in [3.05, 3.63) is 0 Å². The van der Waals surface area contributed by atoms with Gasteiger partial charge in [0.15, 0.2) is 0 Å². The van der Waals surface area contributed by atoms with E-state index < -0.39 is 0 Å². The molecule has 2 N–H and O–H groups in total. The predicted octanol–water partition coefficient (Wildman–Crippen LogP) is -0.404. The third kappa shape index (κ3) is 1.94. The van der Waals surface area contributed by atoms with Crippen LogP contribution in [0.25, 0.3) is 0 Å².